The van der Waals surface area contributed by atoms with Crippen molar-refractivity contribution in [3.63, 3.8) is 0 Å². The molecule has 2 saturated heterocycles. The maximum Gasteiger partial charge on any atom is 0.576 e. The average Bonchev–Trinajstić information content (AvgIpc) is 2.76. The van der Waals surface area contributed by atoms with Crippen molar-refractivity contribution >= 4 is 59.6 Å². The van der Waals surface area contributed by atoms with Crippen LogP contribution in [0.2, 0.25) is 15.9 Å². The van der Waals surface area contributed by atoms with Gasteiger partial charge in [0.05, 0.1) is 30.7 Å². The summed E-state index contributed by atoms with van der Waals surface area (Å²) in [4.78, 5) is 62.9. The lowest BCUT2D eigenvalue weighted by atomic mass is 9.55. The number of carboxylic acids is 1. The van der Waals surface area contributed by atoms with Crippen molar-refractivity contribution in [2.24, 2.45) is 5.92 Å². The van der Waals surface area contributed by atoms with Crippen LogP contribution in [0.4, 0.5) is 0 Å². The monoisotopic (exact) mass is 529 g/mol. The number of carbonyl (C=O) groups excluding carboxylic acids is 4. The summed E-state index contributed by atoms with van der Waals surface area (Å²) in [7, 11) is 1.12. The average molecular weight is 530 g/mol. The number of halogens is 2. The van der Waals surface area contributed by atoms with Crippen LogP contribution in [0.1, 0.15) is 49.9 Å². The van der Waals surface area contributed by atoms with Gasteiger partial charge in [0.1, 0.15) is 12.2 Å². The molecule has 10 nitrogen and oxygen atoms in total. The summed E-state index contributed by atoms with van der Waals surface area (Å²) in [5.41, 5.74) is -1.74. The fraction of sp³-hybridized carbons (Fsp3) is 0.500. The fourth-order valence-electron chi connectivity index (χ4n) is 4.50. The number of esters is 1. The summed E-state index contributed by atoms with van der Waals surface area (Å²) in [6, 6.07) is 4.37. The maximum atomic E-state index is 12.9. The lowest BCUT2D eigenvalue weighted by Crippen LogP contribution is -2.71. The van der Waals surface area contributed by atoms with Gasteiger partial charge in [0.2, 0.25) is 0 Å². The third kappa shape index (κ3) is 5.96. The minimum absolute atomic E-state index is 0.00658. The number of fused-ring (bicyclic) bond motifs is 2. The fourth-order valence-corrected chi connectivity index (χ4v) is 4.87. The second-order valence-corrected chi connectivity index (χ2v) is 9.98. The number of Topliss-reactive ketones (excluding diaryl/α,β-unsaturated/α-hetero) is 1. The lowest BCUT2D eigenvalue weighted by Gasteiger charge is -2.55. The molecule has 3 rings (SSSR count). The summed E-state index contributed by atoms with van der Waals surface area (Å²) >= 11 is 11.9. The third-order valence-corrected chi connectivity index (χ3v) is 6.49. The van der Waals surface area contributed by atoms with Gasteiger partial charge in [-0.2, -0.15) is 0 Å². The number of nitrogens with one attached hydrogen (secondary N) is 1. The predicted octanol–water partition coefficient (Wildman–Crippen LogP) is 2.37. The zero-order valence-corrected chi connectivity index (χ0v) is 21.0. The van der Waals surface area contributed by atoms with Gasteiger partial charge in [-0.3, -0.25) is 14.4 Å². The molecule has 1 aromatic rings. The molecule has 3 atom stereocenters. The number of ether oxygens (including phenoxy) is 1. The van der Waals surface area contributed by atoms with Gasteiger partial charge in [0.15, 0.2) is 5.60 Å². The van der Waals surface area contributed by atoms with Gasteiger partial charge in [0.25, 0.3) is 11.9 Å². The molecule has 1 aromatic carbocycles. The summed E-state index contributed by atoms with van der Waals surface area (Å²) in [6.07, 6.45) is -0.898. The number of hydrogen-bond donors (Lipinski definition) is 1. The smallest absolute Gasteiger partial charge is 0.576 e. The van der Waals surface area contributed by atoms with Crippen LogP contribution < -0.4 is 5.32 Å². The molecule has 0 aliphatic carbocycles. The van der Waals surface area contributed by atoms with E-state index in [2.05, 4.69) is 9.97 Å². The van der Waals surface area contributed by atoms with E-state index in [1.807, 2.05) is 13.8 Å². The number of amides is 1. The van der Waals surface area contributed by atoms with Crippen LogP contribution in [0.3, 0.4) is 0 Å². The number of methoxy groups -OCH3 is 1. The van der Waals surface area contributed by atoms with Crippen LogP contribution >= 0.6 is 23.2 Å². The Bertz CT molecular complexity index is 1040. The standard InChI is InChI=1S/C22H26BCl2NO9/c1-12(2)6-13(7-15(27)11-26-20(30)16-8-14(24)4-5-17(16)25)23-33-18(28)9-22(35-23,21(31)32-3)10-19(29)34-23/h4-5,8,12-13,33H,6-7,9-11H2,1-3H3,(H,26,30)/t13-,22+,23?/m1/s1. The SMILES string of the molecule is COC(=O)[C@]12CC(=O)O[B-]([C@@H](CC(=O)CNC(=O)c3cc(Cl)ccc3Cl)CC(C)C)(O1)[OH+]C(=O)C2. The minimum atomic E-state index is -3.01. The Morgan fingerprint density at radius 3 is 2.60 bits per heavy atom. The molecular weight excluding hydrogens is 504 g/mol. The normalized spacial score (nSPS) is 24.3. The van der Waals surface area contributed by atoms with E-state index in [1.54, 1.807) is 0 Å². The van der Waals surface area contributed by atoms with Crippen molar-refractivity contribution in [1.82, 2.24) is 5.32 Å². The predicted molar refractivity (Wildman–Crippen MR) is 126 cm³/mol. The van der Waals surface area contributed by atoms with Gasteiger partial charge < -0.3 is 24.0 Å². The Kier molecular flexibility index (Phi) is 8.13. The first-order valence-electron chi connectivity index (χ1n) is 11.0. The summed E-state index contributed by atoms with van der Waals surface area (Å²) in [5.74, 6) is -4.22. The van der Waals surface area contributed by atoms with E-state index in [0.717, 1.165) is 7.11 Å². The van der Waals surface area contributed by atoms with E-state index in [9.17, 15) is 24.0 Å². The van der Waals surface area contributed by atoms with Gasteiger partial charge in [0, 0.05) is 9.82 Å². The Labute approximate surface area is 211 Å². The molecule has 2 fully saturated rings. The van der Waals surface area contributed by atoms with E-state index in [0.29, 0.717) is 11.4 Å². The maximum absolute atomic E-state index is 12.9. The molecule has 35 heavy (non-hydrogen) atoms. The Morgan fingerprint density at radius 2 is 1.94 bits per heavy atom. The summed E-state index contributed by atoms with van der Waals surface area (Å²) < 4.78 is 20.2. The molecule has 13 heteroatoms. The molecule has 1 unspecified atom stereocenters. The zero-order chi connectivity index (χ0) is 26.0. The molecule has 190 valence electrons. The second kappa shape index (κ2) is 10.6. The lowest BCUT2D eigenvalue weighted by molar-refractivity contribution is -0.209. The molecule has 2 aliphatic rings. The summed E-state index contributed by atoms with van der Waals surface area (Å²) in [5, 5.41) is 2.96. The highest BCUT2D eigenvalue weighted by molar-refractivity contribution is 6.66. The zero-order valence-electron chi connectivity index (χ0n) is 19.5. The van der Waals surface area contributed by atoms with Gasteiger partial charge in [-0.05, 0) is 36.4 Å². The highest BCUT2D eigenvalue weighted by Gasteiger charge is 2.65. The number of carbonyl (C=O) groups is 5. The Morgan fingerprint density at radius 1 is 1.23 bits per heavy atom. The van der Waals surface area contributed by atoms with Crippen LogP contribution in [0.5, 0.6) is 0 Å². The number of hydrogen-bond acceptors (Lipinski definition) is 8. The largest absolute Gasteiger partial charge is 0.718 e. The third-order valence-electron chi connectivity index (χ3n) is 5.92. The molecule has 2 N–H and O–H groups in total. The van der Waals surface area contributed by atoms with E-state index in [1.165, 1.54) is 18.2 Å². The Balaban J connectivity index is 1.80. The molecular formula is C22H26BCl2NO9. The first kappa shape index (κ1) is 27.0. The van der Waals surface area contributed by atoms with Crippen molar-refractivity contribution in [2.75, 3.05) is 13.7 Å². The number of rotatable bonds is 9. The molecule has 1 amide bonds. The van der Waals surface area contributed by atoms with Crippen LogP contribution in [-0.4, -0.2) is 60.3 Å². The van der Waals surface area contributed by atoms with Crippen molar-refractivity contribution in [3.8, 4) is 0 Å². The number of aliphatic carboxylic acids is 1. The van der Waals surface area contributed by atoms with E-state index >= 15 is 0 Å². The highest BCUT2D eigenvalue weighted by atomic mass is 35.5. The second-order valence-electron chi connectivity index (χ2n) is 9.14. The van der Waals surface area contributed by atoms with Gasteiger partial charge in [-0.1, -0.05) is 43.5 Å². The van der Waals surface area contributed by atoms with Crippen molar-refractivity contribution in [2.45, 2.75) is 50.9 Å². The number of benzene rings is 1. The van der Waals surface area contributed by atoms with Crippen LogP contribution in [0.15, 0.2) is 18.2 Å². The molecule has 0 saturated carbocycles. The molecule has 0 aromatic heterocycles. The van der Waals surface area contributed by atoms with E-state index in [-0.39, 0.29) is 29.5 Å². The highest BCUT2D eigenvalue weighted by Crippen LogP contribution is 2.45. The van der Waals surface area contributed by atoms with E-state index in [4.69, 9.17) is 37.2 Å². The van der Waals surface area contributed by atoms with E-state index < -0.39 is 60.6 Å². The first-order valence-corrected chi connectivity index (χ1v) is 11.8. The van der Waals surface area contributed by atoms with Crippen LogP contribution in [0, 0.1) is 5.92 Å². The molecule has 0 radical (unpaired) electrons. The van der Waals surface area contributed by atoms with Crippen molar-refractivity contribution in [3.05, 3.63) is 33.8 Å². The first-order chi connectivity index (χ1) is 16.4. The van der Waals surface area contributed by atoms with Crippen molar-refractivity contribution < 1.29 is 42.7 Å². The van der Waals surface area contributed by atoms with Gasteiger partial charge in [-0.25, -0.2) is 4.79 Å². The van der Waals surface area contributed by atoms with Gasteiger partial charge in [-0.15, -0.1) is 0 Å². The topological polar surface area (TPSA) is 138 Å². The summed E-state index contributed by atoms with van der Waals surface area (Å²) in [6.45, 7) is 0.367. The molecule has 2 bridgehead atoms. The quantitative estimate of drug-likeness (QED) is 0.292. The minimum Gasteiger partial charge on any atom is -0.718 e. The van der Waals surface area contributed by atoms with Crippen LogP contribution in [0.25, 0.3) is 0 Å². The Hall–Kier alpha value is -2.63. The molecule has 2 heterocycles. The molecule has 2 aliphatic heterocycles. The molecule has 0 spiro atoms. The van der Waals surface area contributed by atoms with Crippen molar-refractivity contribution in [1.29, 1.82) is 0 Å². The number of ketones is 1. The van der Waals surface area contributed by atoms with Crippen LogP contribution in [-0.2, 0) is 33.2 Å². The van der Waals surface area contributed by atoms with Gasteiger partial charge >= 0.3 is 18.7 Å².